The van der Waals surface area contributed by atoms with Crippen LogP contribution in [0.5, 0.6) is 0 Å². The lowest BCUT2D eigenvalue weighted by Crippen LogP contribution is -2.38. The van der Waals surface area contributed by atoms with Crippen LogP contribution in [0.1, 0.15) is 72.6 Å². The monoisotopic (exact) mass is 657 g/mol. The molecule has 1 aromatic rings. The van der Waals surface area contributed by atoms with Crippen molar-refractivity contribution in [3.05, 3.63) is 32.6 Å². The quantitative estimate of drug-likeness (QED) is 0.167. The molecule has 0 amide bonds. The SMILES string of the molecule is CC(C)N1CC[C@@H](C)OP1Cl.[2H]B([3H])CSOCC1OC(n2cc(C)c(=O)[nH]c2=O)CC1OP1OC(C)CCN1C(C)C. The first-order valence-corrected chi connectivity index (χ1v) is 18.3. The summed E-state index contributed by atoms with van der Waals surface area (Å²) >= 11 is 7.08. The first kappa shape index (κ1) is 32.4. The van der Waals surface area contributed by atoms with Gasteiger partial charge in [0.2, 0.25) is 7.65 Å². The van der Waals surface area contributed by atoms with E-state index in [1.807, 2.05) is 6.92 Å². The van der Waals surface area contributed by atoms with Gasteiger partial charge in [0.15, 0.2) is 0 Å². The number of aromatic amines is 1. The van der Waals surface area contributed by atoms with E-state index in [1.165, 1.54) is 10.8 Å². The van der Waals surface area contributed by atoms with Gasteiger partial charge in [-0.25, -0.2) is 14.1 Å². The fourth-order valence-corrected chi connectivity index (χ4v) is 8.96. The second kappa shape index (κ2) is 16.9. The Bertz CT molecular complexity index is 1130. The molecule has 4 rings (SSSR count). The lowest BCUT2D eigenvalue weighted by atomic mass is 10.2. The Labute approximate surface area is 259 Å². The van der Waals surface area contributed by atoms with Gasteiger partial charge in [-0.05, 0) is 92.9 Å². The molecule has 1 aromatic heterocycles. The molecule has 3 aliphatic rings. The van der Waals surface area contributed by atoms with Crippen LogP contribution in [-0.2, 0) is 22.5 Å². The van der Waals surface area contributed by atoms with Gasteiger partial charge in [0.25, 0.3) is 14.1 Å². The van der Waals surface area contributed by atoms with Gasteiger partial charge in [0, 0.05) is 43.4 Å². The van der Waals surface area contributed by atoms with Crippen molar-refractivity contribution in [2.24, 2.45) is 0 Å². The number of halogens is 1. The zero-order valence-electron chi connectivity index (χ0n) is 27.0. The molecule has 3 saturated heterocycles. The van der Waals surface area contributed by atoms with Crippen LogP contribution in [0, 0.1) is 6.92 Å². The van der Waals surface area contributed by atoms with Crippen LogP contribution in [0.2, 0.25) is 0 Å². The van der Waals surface area contributed by atoms with E-state index in [4.69, 9.17) is 36.4 Å². The largest absolute Gasteiger partial charge is 0.349 e. The third kappa shape index (κ3) is 10.3. The third-order valence-electron chi connectivity index (χ3n) is 6.92. The number of nitrogens with one attached hydrogen (secondary N) is 1. The summed E-state index contributed by atoms with van der Waals surface area (Å²) in [6.07, 6.45) is 2.88. The third-order valence-corrected chi connectivity index (χ3v) is 11.8. The van der Waals surface area contributed by atoms with Gasteiger partial charge in [-0.3, -0.25) is 14.3 Å². The molecule has 0 bridgehead atoms. The average Bonchev–Trinajstić information content (AvgIpc) is 3.30. The van der Waals surface area contributed by atoms with E-state index in [0.717, 1.165) is 38.0 Å². The number of H-pyrrole nitrogens is 1. The van der Waals surface area contributed by atoms with Crippen LogP contribution in [0.3, 0.4) is 0 Å². The summed E-state index contributed by atoms with van der Waals surface area (Å²) < 4.78 is 50.1. The number of ether oxygens (including phenoxy) is 1. The van der Waals surface area contributed by atoms with Gasteiger partial charge in [0.1, 0.15) is 20.1 Å². The van der Waals surface area contributed by atoms with Crippen molar-refractivity contribution in [1.29, 1.82) is 2.67 Å². The van der Waals surface area contributed by atoms with Crippen molar-refractivity contribution in [3.63, 3.8) is 0 Å². The molecule has 0 aromatic carbocycles. The molecule has 0 radical (unpaired) electrons. The number of aryl methyl sites for hydroxylation is 1. The highest BCUT2D eigenvalue weighted by atomic mass is 35.7. The topological polar surface area (TPSA) is 107 Å². The maximum Gasteiger partial charge on any atom is 0.330 e. The lowest BCUT2D eigenvalue weighted by molar-refractivity contribution is -0.0377. The summed E-state index contributed by atoms with van der Waals surface area (Å²) in [6, 6.07) is 0.763. The summed E-state index contributed by atoms with van der Waals surface area (Å²) in [4.78, 5) is 26.4. The molecule has 0 saturated carbocycles. The summed E-state index contributed by atoms with van der Waals surface area (Å²) in [5.74, 6) is 0. The number of hydrogen-bond acceptors (Lipinski definition) is 10. The Morgan fingerprint density at radius 1 is 1.22 bits per heavy atom. The van der Waals surface area contributed by atoms with E-state index in [0.29, 0.717) is 24.1 Å². The Morgan fingerprint density at radius 2 is 1.88 bits per heavy atom. The summed E-state index contributed by atoms with van der Waals surface area (Å²) in [5.41, 5.74) is -0.329. The van der Waals surface area contributed by atoms with E-state index in [2.05, 4.69) is 48.9 Å². The maximum absolute atomic E-state index is 12.4. The second-order valence-corrected chi connectivity index (χ2v) is 15.2. The first-order chi connectivity index (χ1) is 20.3. The van der Waals surface area contributed by atoms with Crippen LogP contribution in [0.15, 0.2) is 15.8 Å². The van der Waals surface area contributed by atoms with Crippen LogP contribution in [0.4, 0.5) is 0 Å². The van der Waals surface area contributed by atoms with E-state index < -0.39 is 47.5 Å². The molecule has 234 valence electrons. The Balaban J connectivity index is 0.000000386. The minimum atomic E-state index is -1.30. The van der Waals surface area contributed by atoms with E-state index in [9.17, 15) is 9.59 Å². The van der Waals surface area contributed by atoms with Crippen molar-refractivity contribution in [2.45, 2.75) is 110 Å². The maximum atomic E-state index is 12.4. The van der Waals surface area contributed by atoms with Gasteiger partial charge < -0.3 is 22.5 Å². The molecule has 0 spiro atoms. The molecule has 16 heteroatoms. The number of aromatic nitrogens is 2. The zero-order chi connectivity index (χ0) is 31.8. The normalized spacial score (nSPS) is 32.0. The van der Waals surface area contributed by atoms with Crippen LogP contribution >= 0.6 is 39.5 Å². The molecule has 3 aliphatic heterocycles. The van der Waals surface area contributed by atoms with Crippen molar-refractivity contribution in [3.8, 4) is 0 Å². The highest BCUT2D eigenvalue weighted by molar-refractivity contribution is 7.95. The zero-order valence-corrected chi connectivity index (χ0v) is 28.4. The molecule has 1 N–H and O–H groups in total. The number of nitrogens with zero attached hydrogens (tertiary/aromatic N) is 3. The van der Waals surface area contributed by atoms with Crippen LogP contribution in [-0.4, -0.2) is 91.2 Å². The van der Waals surface area contributed by atoms with Crippen molar-refractivity contribution < 1.29 is 22.5 Å². The van der Waals surface area contributed by atoms with Crippen molar-refractivity contribution in [1.82, 2.24) is 18.9 Å². The molecule has 4 heterocycles. The van der Waals surface area contributed by atoms with Gasteiger partial charge in [-0.15, -0.1) is 0 Å². The van der Waals surface area contributed by atoms with Gasteiger partial charge in [-0.2, -0.15) is 0 Å². The standard InChI is InChI=1S/C18H31BN3O6PS.C7H15ClNOP/c1-11(2)22-6-5-13(4)27-29(22)28-14-7-16(26-15(14)9-25-30-10-19)21-8-12(3)17(23)20-18(21)24;1-6(2)9-5-4-7(3)10-11(9)8/h8,11,13-16H,5-7,9-10,19H2,1-4H3,(H,20,23,24);6-7H,4-5H2,1-3H3/t;7-,11?/m.1/s1/i19TD;. The van der Waals surface area contributed by atoms with Gasteiger partial charge in [-0.1, -0.05) is 0 Å². The summed E-state index contributed by atoms with van der Waals surface area (Å²) in [6.45, 7) is 16.4. The predicted molar refractivity (Wildman–Crippen MR) is 170 cm³/mol. The summed E-state index contributed by atoms with van der Waals surface area (Å²) in [7, 11) is -3.11. The Hall–Kier alpha value is -0.0351. The minimum absolute atomic E-state index is 0.0926. The fraction of sp³-hybridized carbons (Fsp3) is 0.840. The highest BCUT2D eigenvalue weighted by Crippen LogP contribution is 2.53. The van der Waals surface area contributed by atoms with E-state index in [-0.39, 0.29) is 30.5 Å². The van der Waals surface area contributed by atoms with Gasteiger partial charge >= 0.3 is 5.69 Å². The molecule has 6 unspecified atom stereocenters. The molecule has 7 atom stereocenters. The predicted octanol–water partition coefficient (Wildman–Crippen LogP) is 4.49. The second-order valence-electron chi connectivity index (χ2n) is 10.9. The van der Waals surface area contributed by atoms with Crippen molar-refractivity contribution in [2.75, 3.05) is 25.3 Å². The lowest BCUT2D eigenvalue weighted by Gasteiger charge is -2.40. The highest BCUT2D eigenvalue weighted by Gasteiger charge is 2.42. The van der Waals surface area contributed by atoms with E-state index in [1.54, 1.807) is 6.92 Å². The van der Waals surface area contributed by atoms with E-state index >= 15 is 0 Å². The van der Waals surface area contributed by atoms with Crippen LogP contribution < -0.4 is 11.2 Å². The molecule has 11 nitrogen and oxygen atoms in total. The molecular formula is C25H46BClN4O7P2S. The summed E-state index contributed by atoms with van der Waals surface area (Å²) in [5, 5.41) is 0. The number of rotatable bonds is 10. The van der Waals surface area contributed by atoms with Gasteiger partial charge in [0.05, 0.1) is 24.9 Å². The Morgan fingerprint density at radius 3 is 2.51 bits per heavy atom. The molecule has 41 heavy (non-hydrogen) atoms. The Kier molecular flexibility index (Phi) is 13.3. The van der Waals surface area contributed by atoms with Crippen molar-refractivity contribution >= 4 is 47.2 Å². The average molecular weight is 658 g/mol. The first-order valence-electron chi connectivity index (χ1n) is 15.3. The smallest absolute Gasteiger partial charge is 0.330 e. The molecule has 0 aliphatic carbocycles. The number of hydrogen-bond donors (Lipinski definition) is 1. The minimum Gasteiger partial charge on any atom is -0.349 e. The molecular weight excluding hydrogens is 609 g/mol. The van der Waals surface area contributed by atoms with Crippen LogP contribution in [0.25, 0.3) is 0 Å². The molecule has 3 fully saturated rings. The fourth-order valence-electron chi connectivity index (χ4n) is 4.50.